The standard InChI is InChI=1S/C9H10NO2/c10-8(6-11)5-7-1-3-9(12)4-2-7/h1-4,6,8,10,12H,5H2. The minimum atomic E-state index is -0.699. The molecule has 1 radical (unpaired) electrons. The first kappa shape index (κ1) is 8.74. The Kier molecular flexibility index (Phi) is 2.82. The van der Waals surface area contributed by atoms with Crippen LogP contribution in [-0.2, 0) is 11.2 Å². The number of benzene rings is 1. The summed E-state index contributed by atoms with van der Waals surface area (Å²) in [5.74, 6) is 0.200. The van der Waals surface area contributed by atoms with Crippen LogP contribution in [-0.4, -0.2) is 17.4 Å². The third kappa shape index (κ3) is 2.36. The maximum atomic E-state index is 10.1. The molecule has 0 fully saturated rings. The van der Waals surface area contributed by atoms with Gasteiger partial charge in [0, 0.05) is 0 Å². The monoisotopic (exact) mass is 164 g/mol. The number of carbonyl (C=O) groups is 1. The quantitative estimate of drug-likeness (QED) is 0.671. The Labute approximate surface area is 70.8 Å². The molecule has 0 aliphatic heterocycles. The van der Waals surface area contributed by atoms with Crippen LogP contribution in [0.25, 0.3) is 0 Å². The van der Waals surface area contributed by atoms with Crippen molar-refractivity contribution in [2.45, 2.75) is 12.5 Å². The van der Waals surface area contributed by atoms with Gasteiger partial charge in [-0.15, -0.1) is 0 Å². The van der Waals surface area contributed by atoms with Crippen LogP contribution in [0, 0.1) is 0 Å². The Hall–Kier alpha value is -1.35. The average Bonchev–Trinajstić information content (AvgIpc) is 2.09. The number of rotatable bonds is 3. The van der Waals surface area contributed by atoms with Crippen LogP contribution in [0.4, 0.5) is 0 Å². The van der Waals surface area contributed by atoms with Gasteiger partial charge >= 0.3 is 0 Å². The summed E-state index contributed by atoms with van der Waals surface area (Å²) >= 11 is 0. The van der Waals surface area contributed by atoms with Crippen molar-refractivity contribution in [2.75, 3.05) is 0 Å². The third-order valence-electron chi connectivity index (χ3n) is 1.56. The molecule has 1 aromatic carbocycles. The van der Waals surface area contributed by atoms with Gasteiger partial charge in [0.05, 0.1) is 6.04 Å². The van der Waals surface area contributed by atoms with Gasteiger partial charge in [0.2, 0.25) is 0 Å². The molecule has 0 saturated carbocycles. The van der Waals surface area contributed by atoms with Gasteiger partial charge in [-0.1, -0.05) is 12.1 Å². The van der Waals surface area contributed by atoms with Crippen molar-refractivity contribution in [3.05, 3.63) is 29.8 Å². The van der Waals surface area contributed by atoms with Crippen molar-refractivity contribution in [1.82, 2.24) is 5.73 Å². The molecule has 1 atom stereocenters. The van der Waals surface area contributed by atoms with Crippen molar-refractivity contribution in [3.8, 4) is 5.75 Å². The molecular weight excluding hydrogens is 154 g/mol. The molecule has 0 aromatic heterocycles. The molecule has 3 nitrogen and oxygen atoms in total. The lowest BCUT2D eigenvalue weighted by Crippen LogP contribution is -2.13. The molecule has 0 spiro atoms. The first-order chi connectivity index (χ1) is 5.72. The highest BCUT2D eigenvalue weighted by atomic mass is 16.3. The SMILES string of the molecule is [NH]C(C=O)Cc1ccc(O)cc1. The summed E-state index contributed by atoms with van der Waals surface area (Å²) in [6.45, 7) is 0. The zero-order chi connectivity index (χ0) is 8.97. The molecule has 2 N–H and O–H groups in total. The van der Waals surface area contributed by atoms with Crippen molar-refractivity contribution < 1.29 is 9.90 Å². The number of carbonyl (C=O) groups excluding carboxylic acids is 1. The zero-order valence-electron chi connectivity index (χ0n) is 6.53. The molecule has 0 aliphatic rings. The Balaban J connectivity index is 2.64. The summed E-state index contributed by atoms with van der Waals surface area (Å²) in [5, 5.41) is 8.93. The fraction of sp³-hybridized carbons (Fsp3) is 0.222. The fourth-order valence-corrected chi connectivity index (χ4v) is 0.934. The van der Waals surface area contributed by atoms with Crippen molar-refractivity contribution in [2.24, 2.45) is 0 Å². The van der Waals surface area contributed by atoms with Crippen LogP contribution in [0.15, 0.2) is 24.3 Å². The molecule has 0 aliphatic carbocycles. The largest absolute Gasteiger partial charge is 0.508 e. The second-order valence-electron chi connectivity index (χ2n) is 2.61. The Morgan fingerprint density at radius 2 is 2.00 bits per heavy atom. The summed E-state index contributed by atoms with van der Waals surface area (Å²) < 4.78 is 0. The van der Waals surface area contributed by atoms with E-state index in [9.17, 15) is 4.79 Å². The van der Waals surface area contributed by atoms with Gasteiger partial charge in [0.25, 0.3) is 0 Å². The minimum Gasteiger partial charge on any atom is -0.508 e. The molecule has 0 saturated heterocycles. The second-order valence-corrected chi connectivity index (χ2v) is 2.61. The first-order valence-electron chi connectivity index (χ1n) is 3.66. The first-order valence-corrected chi connectivity index (χ1v) is 3.66. The van der Waals surface area contributed by atoms with Gasteiger partial charge in [0.15, 0.2) is 0 Å². The fourth-order valence-electron chi connectivity index (χ4n) is 0.934. The molecule has 1 unspecified atom stereocenters. The highest BCUT2D eigenvalue weighted by Gasteiger charge is 2.01. The molecule has 3 heteroatoms. The van der Waals surface area contributed by atoms with Crippen molar-refractivity contribution >= 4 is 6.29 Å². The van der Waals surface area contributed by atoms with Crippen LogP contribution in [0.2, 0.25) is 0 Å². The summed E-state index contributed by atoms with van der Waals surface area (Å²) in [4.78, 5) is 10.1. The predicted molar refractivity (Wildman–Crippen MR) is 44.8 cm³/mol. The average molecular weight is 164 g/mol. The number of aldehydes is 1. The lowest BCUT2D eigenvalue weighted by atomic mass is 10.1. The van der Waals surface area contributed by atoms with Crippen LogP contribution in [0.1, 0.15) is 5.56 Å². The Morgan fingerprint density at radius 3 is 2.50 bits per heavy atom. The number of hydrogen-bond donors (Lipinski definition) is 1. The number of phenols is 1. The lowest BCUT2D eigenvalue weighted by molar-refractivity contribution is -0.109. The molecule has 1 aromatic rings. The van der Waals surface area contributed by atoms with E-state index < -0.39 is 6.04 Å². The molecule has 63 valence electrons. The zero-order valence-corrected chi connectivity index (χ0v) is 6.53. The predicted octanol–water partition coefficient (Wildman–Crippen LogP) is 0.785. The van der Waals surface area contributed by atoms with E-state index in [1.54, 1.807) is 24.3 Å². The second kappa shape index (κ2) is 3.88. The van der Waals surface area contributed by atoms with Crippen molar-refractivity contribution in [1.29, 1.82) is 0 Å². The molecule has 12 heavy (non-hydrogen) atoms. The van der Waals surface area contributed by atoms with Crippen LogP contribution in [0.3, 0.4) is 0 Å². The van der Waals surface area contributed by atoms with Gasteiger partial charge in [-0.3, -0.25) is 0 Å². The Morgan fingerprint density at radius 1 is 1.42 bits per heavy atom. The van der Waals surface area contributed by atoms with E-state index in [1.165, 1.54) is 0 Å². The molecule has 1 rings (SSSR count). The van der Waals surface area contributed by atoms with E-state index in [1.807, 2.05) is 0 Å². The smallest absolute Gasteiger partial charge is 0.138 e. The van der Waals surface area contributed by atoms with E-state index >= 15 is 0 Å². The lowest BCUT2D eigenvalue weighted by Gasteiger charge is -2.02. The van der Waals surface area contributed by atoms with Crippen LogP contribution in [0.5, 0.6) is 5.75 Å². The van der Waals surface area contributed by atoms with Gasteiger partial charge in [-0.2, -0.15) is 0 Å². The van der Waals surface area contributed by atoms with E-state index in [4.69, 9.17) is 10.8 Å². The highest BCUT2D eigenvalue weighted by molar-refractivity contribution is 5.57. The minimum absolute atomic E-state index is 0.200. The van der Waals surface area contributed by atoms with Gasteiger partial charge < -0.3 is 9.90 Å². The highest BCUT2D eigenvalue weighted by Crippen LogP contribution is 2.10. The number of phenolic OH excluding ortho intramolecular Hbond substituents is 1. The maximum Gasteiger partial charge on any atom is 0.138 e. The van der Waals surface area contributed by atoms with E-state index in [2.05, 4.69) is 0 Å². The molecular formula is C9H10NO2. The van der Waals surface area contributed by atoms with Gasteiger partial charge in [-0.05, 0) is 24.1 Å². The number of aromatic hydroxyl groups is 1. The third-order valence-corrected chi connectivity index (χ3v) is 1.56. The van der Waals surface area contributed by atoms with Gasteiger partial charge in [0.1, 0.15) is 12.0 Å². The normalized spacial score (nSPS) is 12.4. The summed E-state index contributed by atoms with van der Waals surface area (Å²) in [6.07, 6.45) is 1.01. The van der Waals surface area contributed by atoms with Crippen LogP contribution >= 0.6 is 0 Å². The topological polar surface area (TPSA) is 61.1 Å². The summed E-state index contributed by atoms with van der Waals surface area (Å²) in [5.41, 5.74) is 8.07. The number of hydrogen-bond acceptors (Lipinski definition) is 2. The van der Waals surface area contributed by atoms with E-state index in [-0.39, 0.29) is 5.75 Å². The maximum absolute atomic E-state index is 10.1. The van der Waals surface area contributed by atoms with Crippen LogP contribution < -0.4 is 5.73 Å². The van der Waals surface area contributed by atoms with E-state index in [0.717, 1.165) is 5.56 Å². The summed E-state index contributed by atoms with van der Waals surface area (Å²) in [6, 6.07) is 5.81. The molecule has 0 amide bonds. The van der Waals surface area contributed by atoms with E-state index in [0.29, 0.717) is 12.7 Å². The van der Waals surface area contributed by atoms with Gasteiger partial charge in [-0.25, -0.2) is 5.73 Å². The molecule has 0 bridgehead atoms. The van der Waals surface area contributed by atoms with Crippen molar-refractivity contribution in [3.63, 3.8) is 0 Å². The Bertz CT molecular complexity index is 256. The molecule has 0 heterocycles. The summed E-state index contributed by atoms with van der Waals surface area (Å²) in [7, 11) is 0. The number of nitrogens with one attached hydrogen (secondary N) is 1.